The van der Waals surface area contributed by atoms with Crippen LogP contribution in [0.1, 0.15) is 25.3 Å². The molecule has 2 heterocycles. The summed E-state index contributed by atoms with van der Waals surface area (Å²) in [5.41, 5.74) is 6.75. The molecule has 104 valence electrons. The molecule has 1 saturated heterocycles. The highest BCUT2D eigenvalue weighted by molar-refractivity contribution is 5.81. The number of hydrogen-bond acceptors (Lipinski definition) is 5. The zero-order valence-electron chi connectivity index (χ0n) is 11.6. The fourth-order valence-electron chi connectivity index (χ4n) is 2.43. The van der Waals surface area contributed by atoms with Crippen LogP contribution in [0.15, 0.2) is 6.33 Å². The molecule has 19 heavy (non-hydrogen) atoms. The monoisotopic (exact) mass is 263 g/mol. The largest absolute Gasteiger partial charge is 0.383 e. The van der Waals surface area contributed by atoms with Gasteiger partial charge in [-0.25, -0.2) is 9.97 Å². The lowest BCUT2D eigenvalue weighted by Gasteiger charge is -2.23. The summed E-state index contributed by atoms with van der Waals surface area (Å²) in [5.74, 6) is 1.40. The summed E-state index contributed by atoms with van der Waals surface area (Å²) in [5, 5.41) is 0. The Labute approximate surface area is 113 Å². The maximum Gasteiger partial charge on any atom is 0.242 e. The summed E-state index contributed by atoms with van der Waals surface area (Å²) in [6.07, 6.45) is 4.41. The van der Waals surface area contributed by atoms with Crippen molar-refractivity contribution in [3.05, 3.63) is 11.9 Å². The van der Waals surface area contributed by atoms with Crippen molar-refractivity contribution >= 4 is 17.5 Å². The highest BCUT2D eigenvalue weighted by Gasteiger charge is 2.21. The number of aromatic nitrogens is 2. The molecule has 1 aliphatic rings. The molecule has 2 rings (SSSR count). The van der Waals surface area contributed by atoms with Gasteiger partial charge in [-0.2, -0.15) is 0 Å². The van der Waals surface area contributed by atoms with Gasteiger partial charge in [0.2, 0.25) is 5.91 Å². The van der Waals surface area contributed by atoms with Crippen LogP contribution in [0.4, 0.5) is 11.6 Å². The van der Waals surface area contributed by atoms with Gasteiger partial charge in [0.25, 0.3) is 0 Å². The molecule has 0 atom stereocenters. The molecule has 0 saturated carbocycles. The van der Waals surface area contributed by atoms with Crippen LogP contribution >= 0.6 is 0 Å². The minimum absolute atomic E-state index is 0.152. The lowest BCUT2D eigenvalue weighted by molar-refractivity contribution is -0.128. The van der Waals surface area contributed by atoms with Gasteiger partial charge < -0.3 is 15.5 Å². The number of hydrogen-bond donors (Lipinski definition) is 1. The van der Waals surface area contributed by atoms with E-state index < -0.39 is 0 Å². The van der Waals surface area contributed by atoms with Crippen LogP contribution in [0.25, 0.3) is 0 Å². The van der Waals surface area contributed by atoms with Crippen LogP contribution in [0.2, 0.25) is 0 Å². The Hall–Kier alpha value is -1.85. The zero-order valence-corrected chi connectivity index (χ0v) is 11.6. The van der Waals surface area contributed by atoms with E-state index in [0.717, 1.165) is 43.7 Å². The number of likely N-dealkylation sites (tertiary alicyclic amines) is 1. The summed E-state index contributed by atoms with van der Waals surface area (Å²) in [7, 11) is 1.87. The Morgan fingerprint density at radius 1 is 1.42 bits per heavy atom. The van der Waals surface area contributed by atoms with Gasteiger partial charge in [-0.1, -0.05) is 6.92 Å². The van der Waals surface area contributed by atoms with Gasteiger partial charge in [0.1, 0.15) is 18.0 Å². The van der Waals surface area contributed by atoms with E-state index >= 15 is 0 Å². The number of nitrogens with two attached hydrogens (primary N) is 1. The van der Waals surface area contributed by atoms with Crippen molar-refractivity contribution < 1.29 is 4.79 Å². The highest BCUT2D eigenvalue weighted by Crippen LogP contribution is 2.21. The van der Waals surface area contributed by atoms with Crippen molar-refractivity contribution in [2.24, 2.45) is 0 Å². The van der Waals surface area contributed by atoms with Gasteiger partial charge in [-0.3, -0.25) is 4.79 Å². The maximum absolute atomic E-state index is 12.1. The summed E-state index contributed by atoms with van der Waals surface area (Å²) < 4.78 is 0. The number of nitrogens with zero attached hydrogens (tertiary/aromatic N) is 4. The number of carbonyl (C=O) groups excluding carboxylic acids is 1. The summed E-state index contributed by atoms with van der Waals surface area (Å²) in [6.45, 7) is 4.09. The second kappa shape index (κ2) is 5.86. The molecule has 0 bridgehead atoms. The van der Waals surface area contributed by atoms with E-state index in [2.05, 4.69) is 9.97 Å². The van der Waals surface area contributed by atoms with Crippen molar-refractivity contribution in [1.82, 2.24) is 14.9 Å². The van der Waals surface area contributed by atoms with Gasteiger partial charge >= 0.3 is 0 Å². The van der Waals surface area contributed by atoms with Crippen molar-refractivity contribution in [2.75, 3.05) is 37.3 Å². The van der Waals surface area contributed by atoms with E-state index in [1.807, 2.05) is 23.8 Å². The summed E-state index contributed by atoms with van der Waals surface area (Å²) >= 11 is 0. The van der Waals surface area contributed by atoms with Crippen molar-refractivity contribution in [1.29, 1.82) is 0 Å². The van der Waals surface area contributed by atoms with Crippen LogP contribution in [-0.4, -0.2) is 47.5 Å². The van der Waals surface area contributed by atoms with Crippen LogP contribution in [0.5, 0.6) is 0 Å². The number of anilines is 2. The predicted molar refractivity (Wildman–Crippen MR) is 74.9 cm³/mol. The average Bonchev–Trinajstić information content (AvgIpc) is 2.92. The van der Waals surface area contributed by atoms with E-state index in [0.29, 0.717) is 12.4 Å². The highest BCUT2D eigenvalue weighted by atomic mass is 16.2. The van der Waals surface area contributed by atoms with E-state index in [4.69, 9.17) is 5.73 Å². The second-order valence-electron chi connectivity index (χ2n) is 4.86. The first-order valence-electron chi connectivity index (χ1n) is 6.71. The number of carbonyl (C=O) groups is 1. The second-order valence-corrected chi connectivity index (χ2v) is 4.86. The zero-order chi connectivity index (χ0) is 13.8. The number of amides is 1. The van der Waals surface area contributed by atoms with E-state index in [-0.39, 0.29) is 5.91 Å². The van der Waals surface area contributed by atoms with Gasteiger partial charge in [0, 0.05) is 25.7 Å². The smallest absolute Gasteiger partial charge is 0.242 e. The Kier molecular flexibility index (Phi) is 4.19. The third kappa shape index (κ3) is 2.94. The molecule has 6 nitrogen and oxygen atoms in total. The van der Waals surface area contributed by atoms with Crippen LogP contribution in [0, 0.1) is 0 Å². The molecular formula is C13H21N5O. The maximum atomic E-state index is 12.1. The molecule has 0 radical (unpaired) electrons. The van der Waals surface area contributed by atoms with E-state index in [1.165, 1.54) is 6.33 Å². The molecule has 1 aromatic rings. The van der Waals surface area contributed by atoms with Crippen molar-refractivity contribution in [3.63, 3.8) is 0 Å². The lowest BCUT2D eigenvalue weighted by Crippen LogP contribution is -2.38. The van der Waals surface area contributed by atoms with Crippen molar-refractivity contribution in [2.45, 2.75) is 26.2 Å². The molecule has 0 aliphatic carbocycles. The molecule has 2 N–H and O–H groups in total. The molecule has 0 spiro atoms. The average molecular weight is 263 g/mol. The molecule has 1 amide bonds. The Morgan fingerprint density at radius 2 is 2.11 bits per heavy atom. The fourth-order valence-corrected chi connectivity index (χ4v) is 2.43. The molecule has 6 heteroatoms. The van der Waals surface area contributed by atoms with Gasteiger partial charge in [-0.15, -0.1) is 0 Å². The van der Waals surface area contributed by atoms with Gasteiger partial charge in [0.05, 0.1) is 6.54 Å². The fraction of sp³-hybridized carbons (Fsp3) is 0.615. The quantitative estimate of drug-likeness (QED) is 0.864. The Balaban J connectivity index is 2.09. The normalized spacial score (nSPS) is 14.7. The lowest BCUT2D eigenvalue weighted by atomic mass is 10.2. The molecule has 0 unspecified atom stereocenters. The first-order chi connectivity index (χ1) is 9.13. The minimum atomic E-state index is 0.152. The third-order valence-electron chi connectivity index (χ3n) is 3.50. The molecule has 0 aromatic carbocycles. The van der Waals surface area contributed by atoms with Crippen LogP contribution in [0.3, 0.4) is 0 Å². The summed E-state index contributed by atoms with van der Waals surface area (Å²) in [6, 6.07) is 0. The standard InChI is InChI=1S/C13H21N5O/c1-3-10-12(14)15-9-16-13(10)17(2)8-11(19)18-6-4-5-7-18/h9H,3-8H2,1-2H3,(H2,14,15,16). The first kappa shape index (κ1) is 13.6. The topological polar surface area (TPSA) is 75.3 Å². The molecular weight excluding hydrogens is 242 g/mol. The number of nitrogen functional groups attached to an aromatic ring is 1. The Bertz CT molecular complexity index is 456. The van der Waals surface area contributed by atoms with E-state index in [1.54, 1.807) is 0 Å². The third-order valence-corrected chi connectivity index (χ3v) is 3.50. The number of rotatable bonds is 4. The molecule has 1 aliphatic heterocycles. The predicted octanol–water partition coefficient (Wildman–Crippen LogP) is 0.680. The SMILES string of the molecule is CCc1c(N)ncnc1N(C)CC(=O)N1CCCC1. The van der Waals surface area contributed by atoms with Gasteiger partial charge in [-0.05, 0) is 19.3 Å². The van der Waals surface area contributed by atoms with E-state index in [9.17, 15) is 4.79 Å². The van der Waals surface area contributed by atoms with Gasteiger partial charge in [0.15, 0.2) is 0 Å². The number of likely N-dealkylation sites (N-methyl/N-ethyl adjacent to an activating group) is 1. The Morgan fingerprint density at radius 3 is 2.74 bits per heavy atom. The summed E-state index contributed by atoms with van der Waals surface area (Å²) in [4.78, 5) is 24.1. The van der Waals surface area contributed by atoms with Crippen molar-refractivity contribution in [3.8, 4) is 0 Å². The molecule has 1 fully saturated rings. The molecule has 1 aromatic heterocycles. The first-order valence-corrected chi connectivity index (χ1v) is 6.71. The van der Waals surface area contributed by atoms with Crippen LogP contribution in [-0.2, 0) is 11.2 Å². The minimum Gasteiger partial charge on any atom is -0.383 e. The van der Waals surface area contributed by atoms with Crippen LogP contribution < -0.4 is 10.6 Å².